The van der Waals surface area contributed by atoms with E-state index in [1.54, 1.807) is 47.2 Å². The highest BCUT2D eigenvalue weighted by atomic mass is 16.3. The van der Waals surface area contributed by atoms with Gasteiger partial charge in [0.15, 0.2) is 0 Å². The molecule has 3 rings (SSSR count). The van der Waals surface area contributed by atoms with Crippen molar-refractivity contribution in [3.05, 3.63) is 42.2 Å². The van der Waals surface area contributed by atoms with E-state index in [1.165, 1.54) is 0 Å². The summed E-state index contributed by atoms with van der Waals surface area (Å²) in [6.07, 6.45) is 3.40. The molecule has 0 unspecified atom stereocenters. The molecule has 138 valence electrons. The number of aliphatic hydroxyl groups excluding tert-OH is 1. The Hall–Kier alpha value is -3.44. The van der Waals surface area contributed by atoms with E-state index in [-0.39, 0.29) is 18.9 Å². The van der Waals surface area contributed by atoms with E-state index in [1.807, 2.05) is 13.0 Å². The van der Waals surface area contributed by atoms with Crippen LogP contribution >= 0.6 is 0 Å². The number of anilines is 1. The fourth-order valence-electron chi connectivity index (χ4n) is 2.81. The lowest BCUT2D eigenvalue weighted by molar-refractivity contribution is 0.303. The Labute approximate surface area is 157 Å². The summed E-state index contributed by atoms with van der Waals surface area (Å²) in [6.45, 7) is 2.41. The van der Waals surface area contributed by atoms with Crippen LogP contribution in [-0.2, 0) is 6.54 Å². The van der Waals surface area contributed by atoms with Gasteiger partial charge in [-0.15, -0.1) is 0 Å². The van der Waals surface area contributed by atoms with Crippen molar-refractivity contribution in [1.29, 1.82) is 5.26 Å². The fourth-order valence-corrected chi connectivity index (χ4v) is 2.81. The molecule has 8 heteroatoms. The third-order valence-electron chi connectivity index (χ3n) is 4.03. The molecule has 0 radical (unpaired) electrons. The van der Waals surface area contributed by atoms with E-state index in [4.69, 9.17) is 10.4 Å². The van der Waals surface area contributed by atoms with Crippen molar-refractivity contribution in [3.8, 4) is 34.3 Å². The van der Waals surface area contributed by atoms with Crippen LogP contribution in [0, 0.1) is 18.3 Å². The molecule has 0 spiro atoms. The summed E-state index contributed by atoms with van der Waals surface area (Å²) in [5, 5.41) is 32.6. The maximum Gasteiger partial charge on any atom is 0.225 e. The number of phenolic OH excluding ortho intramolecular Hbond substituents is 1. The Bertz CT molecular complexity index is 972. The van der Waals surface area contributed by atoms with Crippen molar-refractivity contribution in [2.75, 3.05) is 25.1 Å². The van der Waals surface area contributed by atoms with Gasteiger partial charge in [-0.05, 0) is 36.8 Å². The van der Waals surface area contributed by atoms with Crippen LogP contribution in [0.3, 0.4) is 0 Å². The summed E-state index contributed by atoms with van der Waals surface area (Å²) in [5.74, 6) is 0.629. The standard InChI is InChI=1S/C19H20N6O2/c1-13-9-14(11-15(27)10-13)18-16(12-25(23-18)6-4-20)17-3-5-21-19(22-17)24(2)7-8-26/h3,5,9-12,26-27H,6-8H2,1-2H3. The van der Waals surface area contributed by atoms with E-state index >= 15 is 0 Å². The van der Waals surface area contributed by atoms with Crippen LogP contribution in [0.1, 0.15) is 5.56 Å². The smallest absolute Gasteiger partial charge is 0.225 e. The fraction of sp³-hybridized carbons (Fsp3) is 0.263. The topological polar surface area (TPSA) is 111 Å². The molecule has 2 heterocycles. The first-order chi connectivity index (χ1) is 13.0. The molecule has 0 saturated heterocycles. The van der Waals surface area contributed by atoms with Crippen LogP contribution in [0.4, 0.5) is 5.95 Å². The summed E-state index contributed by atoms with van der Waals surface area (Å²) in [6, 6.07) is 9.07. The number of rotatable bonds is 6. The number of aryl methyl sites for hydroxylation is 1. The van der Waals surface area contributed by atoms with Gasteiger partial charge in [0.05, 0.1) is 18.4 Å². The predicted octanol–water partition coefficient (Wildman–Crippen LogP) is 1.97. The van der Waals surface area contributed by atoms with E-state index < -0.39 is 0 Å². The van der Waals surface area contributed by atoms with Gasteiger partial charge in [-0.25, -0.2) is 9.97 Å². The number of hydrogen-bond donors (Lipinski definition) is 2. The highest BCUT2D eigenvalue weighted by Crippen LogP contribution is 2.32. The zero-order valence-corrected chi connectivity index (χ0v) is 15.2. The summed E-state index contributed by atoms with van der Waals surface area (Å²) in [5.41, 5.74) is 3.64. The van der Waals surface area contributed by atoms with Crippen molar-refractivity contribution in [2.24, 2.45) is 0 Å². The molecule has 0 aliphatic rings. The van der Waals surface area contributed by atoms with Gasteiger partial charge in [-0.2, -0.15) is 10.4 Å². The van der Waals surface area contributed by atoms with E-state index in [9.17, 15) is 5.11 Å². The molecule has 3 aromatic rings. The van der Waals surface area contributed by atoms with Crippen LogP contribution in [0.15, 0.2) is 36.7 Å². The number of nitrogens with zero attached hydrogens (tertiary/aromatic N) is 6. The maximum atomic E-state index is 9.96. The van der Waals surface area contributed by atoms with Gasteiger partial charge in [-0.1, -0.05) is 0 Å². The van der Waals surface area contributed by atoms with E-state index in [0.717, 1.165) is 16.7 Å². The second-order valence-corrected chi connectivity index (χ2v) is 6.19. The molecule has 0 bridgehead atoms. The minimum Gasteiger partial charge on any atom is -0.508 e. The van der Waals surface area contributed by atoms with E-state index in [2.05, 4.69) is 21.1 Å². The Kier molecular flexibility index (Phi) is 5.33. The Morgan fingerprint density at radius 3 is 2.81 bits per heavy atom. The first kappa shape index (κ1) is 18.4. The third-order valence-corrected chi connectivity index (χ3v) is 4.03. The molecule has 27 heavy (non-hydrogen) atoms. The minimum atomic E-state index is -0.00198. The van der Waals surface area contributed by atoms with Crippen LogP contribution in [0.2, 0.25) is 0 Å². The van der Waals surface area contributed by atoms with Crippen molar-refractivity contribution in [3.63, 3.8) is 0 Å². The Balaban J connectivity index is 2.12. The SMILES string of the molecule is Cc1cc(O)cc(-c2nn(CC#N)cc2-c2ccnc(N(C)CCO)n2)c1. The van der Waals surface area contributed by atoms with Gasteiger partial charge in [0.2, 0.25) is 5.95 Å². The van der Waals surface area contributed by atoms with Crippen LogP contribution in [-0.4, -0.2) is 50.2 Å². The van der Waals surface area contributed by atoms with Crippen LogP contribution in [0.25, 0.3) is 22.5 Å². The zero-order chi connectivity index (χ0) is 19.4. The first-order valence-electron chi connectivity index (χ1n) is 8.42. The molecule has 8 nitrogen and oxygen atoms in total. The second-order valence-electron chi connectivity index (χ2n) is 6.19. The van der Waals surface area contributed by atoms with Gasteiger partial charge in [0.1, 0.15) is 18.0 Å². The molecule has 2 aromatic heterocycles. The summed E-state index contributed by atoms with van der Waals surface area (Å²) >= 11 is 0. The molecule has 0 saturated carbocycles. The lowest BCUT2D eigenvalue weighted by atomic mass is 10.0. The molecular weight excluding hydrogens is 344 g/mol. The van der Waals surface area contributed by atoms with Crippen molar-refractivity contribution >= 4 is 5.95 Å². The van der Waals surface area contributed by atoms with Crippen molar-refractivity contribution in [1.82, 2.24) is 19.7 Å². The number of benzene rings is 1. The van der Waals surface area contributed by atoms with Crippen LogP contribution < -0.4 is 4.90 Å². The second kappa shape index (κ2) is 7.85. The number of hydrogen-bond acceptors (Lipinski definition) is 7. The largest absolute Gasteiger partial charge is 0.508 e. The molecule has 0 atom stereocenters. The average Bonchev–Trinajstić information content (AvgIpc) is 3.06. The zero-order valence-electron chi connectivity index (χ0n) is 15.2. The number of phenols is 1. The number of aromatic nitrogens is 4. The van der Waals surface area contributed by atoms with Gasteiger partial charge in [0, 0.05) is 37.1 Å². The molecule has 0 aliphatic carbocycles. The number of aromatic hydroxyl groups is 1. The normalized spacial score (nSPS) is 10.6. The highest BCUT2D eigenvalue weighted by molar-refractivity contribution is 5.79. The van der Waals surface area contributed by atoms with Gasteiger partial charge >= 0.3 is 0 Å². The molecule has 1 aromatic carbocycles. The third kappa shape index (κ3) is 4.04. The minimum absolute atomic E-state index is 0.00198. The molecular formula is C19H20N6O2. The molecule has 0 fully saturated rings. The molecule has 0 aliphatic heterocycles. The lowest BCUT2D eigenvalue weighted by Crippen LogP contribution is -2.23. The van der Waals surface area contributed by atoms with Gasteiger partial charge < -0.3 is 15.1 Å². The number of aliphatic hydroxyl groups is 1. The maximum absolute atomic E-state index is 9.96. The lowest BCUT2D eigenvalue weighted by Gasteiger charge is -2.15. The van der Waals surface area contributed by atoms with E-state index in [0.29, 0.717) is 23.9 Å². The highest BCUT2D eigenvalue weighted by Gasteiger charge is 2.17. The van der Waals surface area contributed by atoms with Crippen molar-refractivity contribution < 1.29 is 10.2 Å². The average molecular weight is 364 g/mol. The Morgan fingerprint density at radius 2 is 2.11 bits per heavy atom. The van der Waals surface area contributed by atoms with Gasteiger partial charge in [0.25, 0.3) is 0 Å². The monoisotopic (exact) mass is 364 g/mol. The number of nitriles is 1. The Morgan fingerprint density at radius 1 is 1.30 bits per heavy atom. The molecule has 2 N–H and O–H groups in total. The summed E-state index contributed by atoms with van der Waals surface area (Å²) < 4.78 is 1.54. The number of likely N-dealkylation sites (N-methyl/N-ethyl adjacent to an activating group) is 1. The van der Waals surface area contributed by atoms with Crippen LogP contribution in [0.5, 0.6) is 5.75 Å². The molecule has 0 amide bonds. The van der Waals surface area contributed by atoms with Gasteiger partial charge in [-0.3, -0.25) is 4.68 Å². The van der Waals surface area contributed by atoms with Crippen molar-refractivity contribution in [2.45, 2.75) is 13.5 Å². The quantitative estimate of drug-likeness (QED) is 0.688. The summed E-state index contributed by atoms with van der Waals surface area (Å²) in [7, 11) is 1.80. The first-order valence-corrected chi connectivity index (χ1v) is 8.42. The summed E-state index contributed by atoms with van der Waals surface area (Å²) in [4.78, 5) is 10.6. The predicted molar refractivity (Wildman–Crippen MR) is 101 cm³/mol.